The average Bonchev–Trinajstić information content (AvgIpc) is 2.56. The Kier molecular flexibility index (Phi) is 5.30. The number of rotatable bonds is 4. The summed E-state index contributed by atoms with van der Waals surface area (Å²) in [5.41, 5.74) is 0.469. The van der Waals surface area contributed by atoms with E-state index in [1.54, 1.807) is 6.07 Å². The number of carbonyl (C=O) groups is 2. The van der Waals surface area contributed by atoms with Crippen LogP contribution in [0, 0.1) is 17.1 Å². The molecule has 1 amide bonds. The fraction of sp³-hybridized carbons (Fsp3) is 0. The molecule has 5 nitrogen and oxygen atoms in total. The van der Waals surface area contributed by atoms with Crippen molar-refractivity contribution < 1.29 is 19.1 Å². The lowest BCUT2D eigenvalue weighted by Gasteiger charge is -2.06. The van der Waals surface area contributed by atoms with Crippen LogP contribution >= 0.6 is 11.6 Å². The van der Waals surface area contributed by atoms with Gasteiger partial charge in [-0.15, -0.1) is 0 Å². The van der Waals surface area contributed by atoms with Crippen LogP contribution in [0.4, 0.5) is 10.1 Å². The summed E-state index contributed by atoms with van der Waals surface area (Å²) in [6.07, 6.45) is 1.29. The third-order valence-corrected chi connectivity index (χ3v) is 3.29. The molecule has 0 atom stereocenters. The summed E-state index contributed by atoms with van der Waals surface area (Å²) >= 11 is 5.62. The first-order valence-corrected chi connectivity index (χ1v) is 6.98. The highest BCUT2D eigenvalue weighted by molar-refractivity contribution is 6.31. The van der Waals surface area contributed by atoms with Crippen LogP contribution in [0.5, 0.6) is 0 Å². The molecule has 0 saturated carbocycles. The van der Waals surface area contributed by atoms with Gasteiger partial charge >= 0.3 is 0 Å². The SMILES string of the molecule is N#C/C(=C\c1ccc(C(=O)[O-])cc1)C(=O)Nc1ccc(F)c(Cl)c1. The Labute approximate surface area is 141 Å². The van der Waals surface area contributed by atoms with E-state index in [0.717, 1.165) is 6.07 Å². The van der Waals surface area contributed by atoms with Gasteiger partial charge in [0.05, 0.1) is 11.0 Å². The van der Waals surface area contributed by atoms with Crippen molar-refractivity contribution in [2.75, 3.05) is 5.32 Å². The van der Waals surface area contributed by atoms with E-state index in [9.17, 15) is 19.1 Å². The summed E-state index contributed by atoms with van der Waals surface area (Å²) in [4.78, 5) is 22.7. The summed E-state index contributed by atoms with van der Waals surface area (Å²) in [6, 6.07) is 10.8. The molecule has 0 unspecified atom stereocenters. The predicted molar refractivity (Wildman–Crippen MR) is 84.4 cm³/mol. The van der Waals surface area contributed by atoms with E-state index in [0.29, 0.717) is 5.56 Å². The lowest BCUT2D eigenvalue weighted by atomic mass is 10.1. The number of nitrogens with zero attached hydrogens (tertiary/aromatic N) is 1. The normalized spacial score (nSPS) is 10.8. The van der Waals surface area contributed by atoms with Crippen LogP contribution < -0.4 is 10.4 Å². The molecule has 24 heavy (non-hydrogen) atoms. The largest absolute Gasteiger partial charge is 0.545 e. The van der Waals surface area contributed by atoms with Gasteiger partial charge in [0.2, 0.25) is 0 Å². The maximum atomic E-state index is 13.1. The highest BCUT2D eigenvalue weighted by Crippen LogP contribution is 2.20. The molecule has 0 radical (unpaired) electrons. The topological polar surface area (TPSA) is 93.0 Å². The summed E-state index contributed by atoms with van der Waals surface area (Å²) in [6.45, 7) is 0. The van der Waals surface area contributed by atoms with Crippen LogP contribution in [0.15, 0.2) is 48.0 Å². The molecule has 0 spiro atoms. The number of aromatic carboxylic acids is 1. The molecule has 0 aromatic heterocycles. The van der Waals surface area contributed by atoms with Crippen molar-refractivity contribution in [2.45, 2.75) is 0 Å². The molecular formula is C17H9ClFN2O3-. The van der Waals surface area contributed by atoms with Gasteiger partial charge in [-0.25, -0.2) is 4.39 Å². The van der Waals surface area contributed by atoms with Gasteiger partial charge in [0.25, 0.3) is 5.91 Å². The first kappa shape index (κ1) is 17.2. The first-order valence-electron chi connectivity index (χ1n) is 6.60. The van der Waals surface area contributed by atoms with Crippen molar-refractivity contribution in [3.63, 3.8) is 0 Å². The van der Waals surface area contributed by atoms with Crippen LogP contribution in [0.2, 0.25) is 5.02 Å². The lowest BCUT2D eigenvalue weighted by Crippen LogP contribution is -2.21. The number of benzene rings is 2. The highest BCUT2D eigenvalue weighted by atomic mass is 35.5. The molecule has 0 aliphatic carbocycles. The Bertz CT molecular complexity index is 870. The number of carboxylic acid groups (broad SMARTS) is 1. The summed E-state index contributed by atoms with van der Waals surface area (Å²) < 4.78 is 13.1. The van der Waals surface area contributed by atoms with Gasteiger partial charge in [-0.3, -0.25) is 4.79 Å². The van der Waals surface area contributed by atoms with Crippen molar-refractivity contribution in [3.8, 4) is 6.07 Å². The summed E-state index contributed by atoms with van der Waals surface area (Å²) in [5, 5.41) is 22.0. The Balaban J connectivity index is 2.20. The smallest absolute Gasteiger partial charge is 0.266 e. The fourth-order valence-corrected chi connectivity index (χ4v) is 1.98. The van der Waals surface area contributed by atoms with Gasteiger partial charge in [0.1, 0.15) is 17.5 Å². The van der Waals surface area contributed by atoms with Crippen molar-refractivity contribution >= 4 is 35.2 Å². The van der Waals surface area contributed by atoms with Gasteiger partial charge < -0.3 is 15.2 Å². The second-order valence-electron chi connectivity index (χ2n) is 4.66. The number of hydrogen-bond donors (Lipinski definition) is 1. The Morgan fingerprint density at radius 2 is 1.88 bits per heavy atom. The maximum Gasteiger partial charge on any atom is 0.266 e. The third kappa shape index (κ3) is 4.18. The first-order chi connectivity index (χ1) is 11.4. The number of nitrogens with one attached hydrogen (secondary N) is 1. The second kappa shape index (κ2) is 7.40. The van der Waals surface area contributed by atoms with Crippen molar-refractivity contribution in [2.24, 2.45) is 0 Å². The minimum absolute atomic E-state index is 0.0175. The van der Waals surface area contributed by atoms with Gasteiger partial charge in [-0.2, -0.15) is 5.26 Å². The van der Waals surface area contributed by atoms with Gasteiger partial charge in [0, 0.05) is 5.69 Å². The summed E-state index contributed by atoms with van der Waals surface area (Å²) in [7, 11) is 0. The highest BCUT2D eigenvalue weighted by Gasteiger charge is 2.11. The van der Waals surface area contributed by atoms with Crippen LogP contribution in [-0.4, -0.2) is 11.9 Å². The van der Waals surface area contributed by atoms with E-state index in [1.165, 1.54) is 42.5 Å². The number of carbonyl (C=O) groups excluding carboxylic acids is 2. The molecule has 120 valence electrons. The van der Waals surface area contributed by atoms with E-state index in [2.05, 4.69) is 5.32 Å². The monoisotopic (exact) mass is 343 g/mol. The minimum atomic E-state index is -1.32. The molecule has 0 aliphatic rings. The number of hydrogen-bond acceptors (Lipinski definition) is 4. The van der Waals surface area contributed by atoms with Gasteiger partial charge in [-0.05, 0) is 35.4 Å². The number of nitriles is 1. The molecule has 0 heterocycles. The van der Waals surface area contributed by atoms with Crippen molar-refractivity contribution in [1.29, 1.82) is 5.26 Å². The van der Waals surface area contributed by atoms with Crippen LogP contribution in [0.25, 0.3) is 6.08 Å². The van der Waals surface area contributed by atoms with E-state index in [4.69, 9.17) is 16.9 Å². The Hall–Kier alpha value is -3.17. The third-order valence-electron chi connectivity index (χ3n) is 3.00. The van der Waals surface area contributed by atoms with E-state index in [-0.39, 0.29) is 21.8 Å². The van der Waals surface area contributed by atoms with Gasteiger partial charge in [0.15, 0.2) is 0 Å². The Morgan fingerprint density at radius 1 is 1.21 bits per heavy atom. The number of halogens is 2. The standard InChI is InChI=1S/C17H10ClFN2O3/c18-14-8-13(5-6-15(14)19)21-16(22)12(9-20)7-10-1-3-11(4-2-10)17(23)24/h1-8H,(H,21,22)(H,23,24)/p-1/b12-7+. The fourth-order valence-electron chi connectivity index (χ4n) is 1.80. The number of carboxylic acids is 1. The van der Waals surface area contributed by atoms with E-state index < -0.39 is 17.7 Å². The molecular weight excluding hydrogens is 335 g/mol. The number of anilines is 1. The molecule has 7 heteroatoms. The minimum Gasteiger partial charge on any atom is -0.545 e. The summed E-state index contributed by atoms with van der Waals surface area (Å²) in [5.74, 6) is -2.65. The van der Waals surface area contributed by atoms with Crippen LogP contribution in [0.3, 0.4) is 0 Å². The second-order valence-corrected chi connectivity index (χ2v) is 5.07. The molecule has 2 rings (SSSR count). The van der Waals surface area contributed by atoms with Gasteiger partial charge in [-0.1, -0.05) is 35.9 Å². The quantitative estimate of drug-likeness (QED) is 0.681. The zero-order valence-electron chi connectivity index (χ0n) is 12.0. The van der Waals surface area contributed by atoms with Crippen molar-refractivity contribution in [1.82, 2.24) is 0 Å². The zero-order chi connectivity index (χ0) is 17.7. The Morgan fingerprint density at radius 3 is 2.42 bits per heavy atom. The molecule has 2 aromatic rings. The molecule has 2 aromatic carbocycles. The lowest BCUT2D eigenvalue weighted by molar-refractivity contribution is -0.255. The van der Waals surface area contributed by atoms with E-state index in [1.807, 2.05) is 0 Å². The van der Waals surface area contributed by atoms with Crippen LogP contribution in [-0.2, 0) is 4.79 Å². The molecule has 0 aliphatic heterocycles. The molecule has 1 N–H and O–H groups in total. The zero-order valence-corrected chi connectivity index (χ0v) is 12.8. The molecule has 0 saturated heterocycles. The maximum absolute atomic E-state index is 13.1. The van der Waals surface area contributed by atoms with Crippen LogP contribution in [0.1, 0.15) is 15.9 Å². The predicted octanol–water partition coefficient (Wildman–Crippen LogP) is 2.39. The number of amides is 1. The van der Waals surface area contributed by atoms with Crippen molar-refractivity contribution in [3.05, 3.63) is 70.0 Å². The molecule has 0 fully saturated rings. The molecule has 0 bridgehead atoms. The van der Waals surface area contributed by atoms with E-state index >= 15 is 0 Å². The average molecular weight is 344 g/mol.